The number of ether oxygens (including phenoxy) is 1. The Morgan fingerprint density at radius 2 is 1.01 bits per heavy atom. The molecule has 0 amide bonds. The van der Waals surface area contributed by atoms with Crippen molar-refractivity contribution in [2.45, 2.75) is 6.92 Å². The van der Waals surface area contributed by atoms with Crippen LogP contribution in [0.5, 0.6) is 0 Å². The Morgan fingerprint density at radius 3 is 1.49 bits per heavy atom. The molecule has 3 aliphatic heterocycles. The van der Waals surface area contributed by atoms with E-state index < -0.39 is 13.1 Å². The first-order valence-corrected chi connectivity index (χ1v) is 30.2. The van der Waals surface area contributed by atoms with Gasteiger partial charge in [-0.2, -0.15) is 5.10 Å². The lowest BCUT2D eigenvalue weighted by Crippen LogP contribution is -2.29. The molecule has 8 aromatic carbocycles. The first-order valence-electron chi connectivity index (χ1n) is 27.0. The van der Waals surface area contributed by atoms with Crippen molar-refractivity contribution < 1.29 is 19.6 Å². The number of allylic oxidation sites excluding steroid dienone is 3. The molecule has 0 bridgehead atoms. The Labute approximate surface area is 519 Å². The van der Waals surface area contributed by atoms with Crippen LogP contribution in [0.3, 0.4) is 0 Å². The van der Waals surface area contributed by atoms with E-state index in [-0.39, 0.29) is 0 Å². The number of hydrogen-bond acceptors (Lipinski definition) is 10. The third kappa shape index (κ3) is 16.9. The van der Waals surface area contributed by atoms with Crippen molar-refractivity contribution in [3.8, 4) is 49.8 Å². The molecule has 0 radical (unpaired) electrons. The number of halogens is 3. The van der Waals surface area contributed by atoms with Gasteiger partial charge >= 0.3 is 13.1 Å². The zero-order valence-corrected chi connectivity index (χ0v) is 51.2. The zero-order valence-electron chi connectivity index (χ0n) is 45.7. The van der Waals surface area contributed by atoms with Crippen molar-refractivity contribution in [3.63, 3.8) is 0 Å². The van der Waals surface area contributed by atoms with E-state index in [1.165, 1.54) is 44.7 Å². The molecule has 84 heavy (non-hydrogen) atoms. The number of rotatable bonds is 11. The van der Waals surface area contributed by atoms with E-state index in [1.54, 1.807) is 41.3 Å². The van der Waals surface area contributed by atoms with Crippen LogP contribution in [-0.4, -0.2) is 81.3 Å². The lowest BCUT2D eigenvalue weighted by molar-refractivity contribution is 0.0520. The highest BCUT2D eigenvalue weighted by Gasteiger charge is 2.17. The van der Waals surface area contributed by atoms with Crippen molar-refractivity contribution in [1.29, 1.82) is 0 Å². The van der Waals surface area contributed by atoms with E-state index in [0.29, 0.717) is 22.9 Å². The third-order valence-electron chi connectivity index (χ3n) is 12.8. The van der Waals surface area contributed by atoms with Crippen LogP contribution in [0.15, 0.2) is 289 Å². The van der Waals surface area contributed by atoms with E-state index in [2.05, 4.69) is 237 Å². The summed E-state index contributed by atoms with van der Waals surface area (Å²) in [6, 6.07) is 73.2. The summed E-state index contributed by atoms with van der Waals surface area (Å²) in [6.45, 7) is 4.49. The predicted octanol–water partition coefficient (Wildman–Crippen LogP) is 15.9. The SMILES string of the molecule is BrC1=CCN=C1c1cccc(-c2ccccc2)c1.Brc1cccc(C2=NCC=C2)c1.C1=CC(c2cccc(-c3ccccc3)c2)=NC1.CCOC(=O)c1csc(-n2cc(Br)c(-c3cccc(-c4ccccc4)c3)n2)n1.OB(O)c1ccccc1. The summed E-state index contributed by atoms with van der Waals surface area (Å²) in [5, 5.41) is 24.1. The standard InChI is InChI=1S/C21H16BrN3O2S.C16H12BrN.C16H13N.C10H8BrN.C6H7BO2/c1-2-27-20(26)18-13-28-21(23-18)25-12-17(22)19(24-25)16-10-6-9-15(11-16)14-7-4-3-5-8-14;17-15-9-10-18-16(15)14-8-4-7-13(11-14)12-5-2-1-3-6-12;1-2-6-13(7-3-1)14-8-4-9-15(12-14)16-10-5-11-17-16;11-9-4-1-3-8(7-9)10-5-2-6-12-10;8-7(9)6-4-2-1-3-5-6/h3-13H,2H2,1H3;1-9,11H,10H2;1-10,12H,11H2;1-5,7H,6H2;1-5,8-9H. The summed E-state index contributed by atoms with van der Waals surface area (Å²) in [4.78, 5) is 29.5. The van der Waals surface area contributed by atoms with Crippen LogP contribution in [0.2, 0.25) is 0 Å². The number of thiazole rings is 1. The number of aliphatic imine (C=N–C) groups is 3. The fraction of sp³-hybridized carbons (Fsp3) is 0.0725. The van der Waals surface area contributed by atoms with Crippen molar-refractivity contribution in [1.82, 2.24) is 14.8 Å². The molecule has 0 saturated carbocycles. The van der Waals surface area contributed by atoms with Crippen LogP contribution in [0.25, 0.3) is 49.8 Å². The molecule has 0 fully saturated rings. The van der Waals surface area contributed by atoms with Crippen LogP contribution >= 0.6 is 59.1 Å². The smallest absolute Gasteiger partial charge is 0.461 e. The Hall–Kier alpha value is -8.28. The molecule has 15 heteroatoms. The first-order chi connectivity index (χ1) is 41.1. The van der Waals surface area contributed by atoms with Gasteiger partial charge in [0, 0.05) is 42.8 Å². The van der Waals surface area contributed by atoms with Crippen molar-refractivity contribution in [2.24, 2.45) is 15.0 Å². The topological polar surface area (TPSA) is 135 Å². The summed E-state index contributed by atoms with van der Waals surface area (Å²) in [5.41, 5.74) is 16.6. The molecule has 2 aromatic heterocycles. The van der Waals surface area contributed by atoms with Gasteiger partial charge in [0.15, 0.2) is 5.69 Å². The molecule has 0 unspecified atom stereocenters. The van der Waals surface area contributed by atoms with Crippen molar-refractivity contribution in [3.05, 3.63) is 296 Å². The molecule has 3 aliphatic rings. The second-order valence-electron chi connectivity index (χ2n) is 18.6. The number of carbonyl (C=O) groups excluding carboxylic acids is 1. The Kier molecular flexibility index (Phi) is 22.2. The number of esters is 1. The quantitative estimate of drug-likeness (QED) is 0.0978. The van der Waals surface area contributed by atoms with E-state index in [4.69, 9.17) is 14.8 Å². The largest absolute Gasteiger partial charge is 0.488 e. The number of nitrogens with zero attached hydrogens (tertiary/aromatic N) is 6. The molecule has 10 aromatic rings. The molecule has 416 valence electrons. The van der Waals surface area contributed by atoms with Gasteiger partial charge in [-0.3, -0.25) is 15.0 Å². The van der Waals surface area contributed by atoms with E-state index in [9.17, 15) is 4.79 Å². The number of aromatic nitrogens is 3. The van der Waals surface area contributed by atoms with E-state index >= 15 is 0 Å². The fourth-order valence-corrected chi connectivity index (χ4v) is 10.9. The monoisotopic (exact) mass is 1310 g/mol. The second kappa shape index (κ2) is 30.9. The fourth-order valence-electron chi connectivity index (χ4n) is 8.76. The second-order valence-corrected chi connectivity index (χ2v) is 22.1. The van der Waals surface area contributed by atoms with Crippen LogP contribution in [0, 0.1) is 0 Å². The normalized spacial score (nSPS) is 12.5. The Balaban J connectivity index is 0.000000133. The van der Waals surface area contributed by atoms with Gasteiger partial charge in [-0.05, 0) is 126 Å². The maximum absolute atomic E-state index is 11.8. The highest BCUT2D eigenvalue weighted by atomic mass is 79.9. The van der Waals surface area contributed by atoms with Gasteiger partial charge in [-0.15, -0.1) is 11.3 Å². The van der Waals surface area contributed by atoms with Gasteiger partial charge < -0.3 is 14.8 Å². The number of benzene rings is 8. The molecule has 0 atom stereocenters. The van der Waals surface area contributed by atoms with Crippen LogP contribution in [0.1, 0.15) is 34.1 Å². The average Bonchev–Trinajstić information content (AvgIpc) is 4.60. The van der Waals surface area contributed by atoms with Crippen LogP contribution in [-0.2, 0) is 4.74 Å². The molecular formula is C69H56BBr3N6O4S. The molecule has 0 saturated heterocycles. The molecule has 2 N–H and O–H groups in total. The molecular weight excluding hydrogens is 1260 g/mol. The van der Waals surface area contributed by atoms with Crippen molar-refractivity contribution in [2.75, 3.05) is 26.2 Å². The summed E-state index contributed by atoms with van der Waals surface area (Å²) in [6.07, 6.45) is 12.2. The van der Waals surface area contributed by atoms with E-state index in [0.717, 1.165) is 78.1 Å². The minimum absolute atomic E-state index is 0.293. The molecule has 10 nitrogen and oxygen atoms in total. The number of hydrogen-bond donors (Lipinski definition) is 2. The Morgan fingerprint density at radius 1 is 0.548 bits per heavy atom. The maximum atomic E-state index is 11.8. The molecule has 0 aliphatic carbocycles. The third-order valence-corrected chi connectivity index (χ3v) is 15.4. The Bertz CT molecular complexity index is 4000. The molecule has 5 heterocycles. The van der Waals surface area contributed by atoms with E-state index in [1.807, 2.05) is 66.9 Å². The van der Waals surface area contributed by atoms with Gasteiger partial charge in [0.05, 0.1) is 47.8 Å². The van der Waals surface area contributed by atoms with Gasteiger partial charge in [-0.1, -0.05) is 216 Å². The molecule has 0 spiro atoms. The maximum Gasteiger partial charge on any atom is 0.488 e. The van der Waals surface area contributed by atoms with Gasteiger partial charge in [0.25, 0.3) is 0 Å². The summed E-state index contributed by atoms with van der Waals surface area (Å²) >= 11 is 11.9. The summed E-state index contributed by atoms with van der Waals surface area (Å²) < 4.78 is 9.71. The van der Waals surface area contributed by atoms with Crippen molar-refractivity contribution >= 4 is 94.8 Å². The van der Waals surface area contributed by atoms with Crippen LogP contribution in [0.4, 0.5) is 0 Å². The van der Waals surface area contributed by atoms with Gasteiger partial charge in [0.2, 0.25) is 5.13 Å². The summed E-state index contributed by atoms with van der Waals surface area (Å²) in [5.74, 6) is -0.424. The zero-order chi connectivity index (χ0) is 58.5. The average molecular weight is 1320 g/mol. The molecule has 13 rings (SSSR count). The first kappa shape index (κ1) is 60.3. The minimum atomic E-state index is -1.34. The van der Waals surface area contributed by atoms with Gasteiger partial charge in [-0.25, -0.2) is 14.5 Å². The lowest BCUT2D eigenvalue weighted by atomic mass is 9.81. The summed E-state index contributed by atoms with van der Waals surface area (Å²) in [7, 11) is -1.34. The highest BCUT2D eigenvalue weighted by Crippen LogP contribution is 2.32. The highest BCUT2D eigenvalue weighted by molar-refractivity contribution is 9.12. The predicted molar refractivity (Wildman–Crippen MR) is 357 cm³/mol. The van der Waals surface area contributed by atoms with Gasteiger partial charge in [0.1, 0.15) is 5.69 Å². The number of carbonyl (C=O) groups is 1. The lowest BCUT2D eigenvalue weighted by Gasteiger charge is -2.06. The minimum Gasteiger partial charge on any atom is -0.461 e. The van der Waals surface area contributed by atoms with Crippen LogP contribution < -0.4 is 5.46 Å².